The smallest absolute Gasteiger partial charge is 0.398 e. The van der Waals surface area contributed by atoms with Crippen LogP contribution in [-0.2, 0) is 12.7 Å². The molecule has 112 valence electrons. The number of nitrogens with zero attached hydrogens (tertiary/aromatic N) is 2. The molecule has 0 bridgehead atoms. The molecule has 0 atom stereocenters. The predicted molar refractivity (Wildman–Crippen MR) is 66.1 cm³/mol. The molecule has 0 aliphatic rings. The van der Waals surface area contributed by atoms with Crippen LogP contribution in [0.25, 0.3) is 0 Å². The SMILES string of the molecule is Cc1nc(CNC(=O)c2ccc(N)c(C(F)(F)F)c2)no1. The summed E-state index contributed by atoms with van der Waals surface area (Å²) in [5.41, 5.74) is 3.62. The van der Waals surface area contributed by atoms with E-state index < -0.39 is 23.3 Å². The fraction of sp³-hybridized carbons (Fsp3) is 0.250. The zero-order valence-corrected chi connectivity index (χ0v) is 10.9. The van der Waals surface area contributed by atoms with E-state index in [0.29, 0.717) is 12.0 Å². The molecule has 0 radical (unpaired) electrons. The third kappa shape index (κ3) is 3.50. The number of nitrogens with one attached hydrogen (secondary N) is 1. The molecule has 2 rings (SSSR count). The Morgan fingerprint density at radius 2 is 2.14 bits per heavy atom. The van der Waals surface area contributed by atoms with Crippen molar-refractivity contribution in [1.29, 1.82) is 0 Å². The van der Waals surface area contributed by atoms with Crippen molar-refractivity contribution in [3.05, 3.63) is 41.0 Å². The summed E-state index contributed by atoms with van der Waals surface area (Å²) in [6, 6.07) is 2.95. The van der Waals surface area contributed by atoms with Gasteiger partial charge in [-0.25, -0.2) is 0 Å². The van der Waals surface area contributed by atoms with Gasteiger partial charge in [0, 0.05) is 18.2 Å². The molecule has 2 aromatic rings. The summed E-state index contributed by atoms with van der Waals surface area (Å²) in [4.78, 5) is 15.7. The molecule has 1 aromatic heterocycles. The van der Waals surface area contributed by atoms with Gasteiger partial charge in [-0.1, -0.05) is 5.16 Å². The Morgan fingerprint density at radius 3 is 2.71 bits per heavy atom. The van der Waals surface area contributed by atoms with Gasteiger partial charge in [0.15, 0.2) is 5.82 Å². The summed E-state index contributed by atoms with van der Waals surface area (Å²) in [6.45, 7) is 1.52. The minimum absolute atomic E-state index is 0.0537. The molecule has 0 fully saturated rings. The number of carbonyl (C=O) groups excluding carboxylic acids is 1. The van der Waals surface area contributed by atoms with Gasteiger partial charge >= 0.3 is 6.18 Å². The summed E-state index contributed by atoms with van der Waals surface area (Å²) in [5, 5.41) is 5.95. The molecule has 0 saturated carbocycles. The molecule has 3 N–H and O–H groups in total. The van der Waals surface area contributed by atoms with E-state index in [4.69, 9.17) is 10.3 Å². The Bertz CT molecular complexity index is 667. The monoisotopic (exact) mass is 300 g/mol. The molecule has 0 aliphatic heterocycles. The number of carbonyl (C=O) groups is 1. The van der Waals surface area contributed by atoms with E-state index in [-0.39, 0.29) is 17.9 Å². The lowest BCUT2D eigenvalue weighted by atomic mass is 10.1. The lowest BCUT2D eigenvalue weighted by Crippen LogP contribution is -2.24. The summed E-state index contributed by atoms with van der Waals surface area (Å²) < 4.78 is 42.8. The Kier molecular flexibility index (Phi) is 3.83. The van der Waals surface area contributed by atoms with Gasteiger partial charge in [-0.15, -0.1) is 0 Å². The minimum Gasteiger partial charge on any atom is -0.398 e. The number of halogens is 3. The largest absolute Gasteiger partial charge is 0.418 e. The average Bonchev–Trinajstić information content (AvgIpc) is 2.81. The van der Waals surface area contributed by atoms with Crippen molar-refractivity contribution in [2.24, 2.45) is 0 Å². The van der Waals surface area contributed by atoms with Crippen molar-refractivity contribution in [2.75, 3.05) is 5.73 Å². The van der Waals surface area contributed by atoms with Crippen molar-refractivity contribution in [3.63, 3.8) is 0 Å². The molecule has 1 heterocycles. The Hall–Kier alpha value is -2.58. The van der Waals surface area contributed by atoms with Crippen LogP contribution in [0.3, 0.4) is 0 Å². The van der Waals surface area contributed by atoms with Crippen LogP contribution in [0.1, 0.15) is 27.6 Å². The number of alkyl halides is 3. The molecule has 0 unspecified atom stereocenters. The second-order valence-corrected chi connectivity index (χ2v) is 4.21. The zero-order chi connectivity index (χ0) is 15.6. The number of nitrogens with two attached hydrogens (primary N) is 1. The van der Waals surface area contributed by atoms with E-state index in [9.17, 15) is 18.0 Å². The van der Waals surface area contributed by atoms with Gasteiger partial charge in [-0.2, -0.15) is 18.2 Å². The van der Waals surface area contributed by atoms with E-state index in [1.165, 1.54) is 6.07 Å². The molecule has 9 heteroatoms. The van der Waals surface area contributed by atoms with Gasteiger partial charge in [0.1, 0.15) is 0 Å². The van der Waals surface area contributed by atoms with Crippen LogP contribution in [0, 0.1) is 6.92 Å². The maximum Gasteiger partial charge on any atom is 0.418 e. The quantitative estimate of drug-likeness (QED) is 0.844. The Morgan fingerprint density at radius 1 is 1.43 bits per heavy atom. The van der Waals surface area contributed by atoms with E-state index in [1.807, 2.05) is 0 Å². The number of amides is 1. The van der Waals surface area contributed by atoms with E-state index in [1.54, 1.807) is 6.92 Å². The first-order valence-corrected chi connectivity index (χ1v) is 5.81. The number of hydrogen-bond acceptors (Lipinski definition) is 5. The second-order valence-electron chi connectivity index (χ2n) is 4.21. The number of rotatable bonds is 3. The first-order valence-electron chi connectivity index (χ1n) is 5.81. The highest BCUT2D eigenvalue weighted by atomic mass is 19.4. The first-order chi connectivity index (χ1) is 9.77. The van der Waals surface area contributed by atoms with Crippen LogP contribution in [0.15, 0.2) is 22.7 Å². The second kappa shape index (κ2) is 5.43. The van der Waals surface area contributed by atoms with E-state index in [2.05, 4.69) is 15.5 Å². The normalized spacial score (nSPS) is 11.4. The van der Waals surface area contributed by atoms with Crippen LogP contribution in [0.2, 0.25) is 0 Å². The molecule has 21 heavy (non-hydrogen) atoms. The van der Waals surface area contributed by atoms with Crippen molar-refractivity contribution < 1.29 is 22.5 Å². The van der Waals surface area contributed by atoms with Gasteiger partial charge in [-0.3, -0.25) is 4.79 Å². The lowest BCUT2D eigenvalue weighted by Gasteiger charge is -2.11. The molecule has 1 aromatic carbocycles. The number of aromatic nitrogens is 2. The Labute approximate surface area is 117 Å². The number of aryl methyl sites for hydroxylation is 1. The van der Waals surface area contributed by atoms with Crippen LogP contribution in [0.5, 0.6) is 0 Å². The zero-order valence-electron chi connectivity index (χ0n) is 10.9. The van der Waals surface area contributed by atoms with E-state index >= 15 is 0 Å². The number of hydrogen-bond donors (Lipinski definition) is 2. The Balaban J connectivity index is 2.12. The van der Waals surface area contributed by atoms with Crippen molar-refractivity contribution in [1.82, 2.24) is 15.5 Å². The van der Waals surface area contributed by atoms with Crippen molar-refractivity contribution in [2.45, 2.75) is 19.6 Å². The topological polar surface area (TPSA) is 94.0 Å². The molecule has 0 spiro atoms. The average molecular weight is 300 g/mol. The van der Waals surface area contributed by atoms with Gasteiger partial charge in [0.05, 0.1) is 12.1 Å². The molecular weight excluding hydrogens is 289 g/mol. The van der Waals surface area contributed by atoms with Crippen LogP contribution < -0.4 is 11.1 Å². The summed E-state index contributed by atoms with van der Waals surface area (Å²) >= 11 is 0. The number of benzene rings is 1. The first kappa shape index (κ1) is 14.8. The van der Waals surface area contributed by atoms with Crippen molar-refractivity contribution in [3.8, 4) is 0 Å². The fourth-order valence-corrected chi connectivity index (χ4v) is 1.62. The molecule has 0 saturated heterocycles. The highest BCUT2D eigenvalue weighted by Gasteiger charge is 2.33. The van der Waals surface area contributed by atoms with Crippen molar-refractivity contribution >= 4 is 11.6 Å². The van der Waals surface area contributed by atoms with Crippen LogP contribution in [0.4, 0.5) is 18.9 Å². The number of nitrogen functional groups attached to an aromatic ring is 1. The van der Waals surface area contributed by atoms with Gasteiger partial charge in [-0.05, 0) is 18.2 Å². The number of anilines is 1. The van der Waals surface area contributed by atoms with E-state index in [0.717, 1.165) is 6.07 Å². The molecular formula is C12H11F3N4O2. The van der Waals surface area contributed by atoms with Gasteiger partial charge in [0.2, 0.25) is 5.89 Å². The van der Waals surface area contributed by atoms with Gasteiger partial charge < -0.3 is 15.6 Å². The summed E-state index contributed by atoms with van der Waals surface area (Å²) in [6.07, 6.45) is -4.62. The molecule has 1 amide bonds. The summed E-state index contributed by atoms with van der Waals surface area (Å²) in [5.74, 6) is -0.138. The van der Waals surface area contributed by atoms with Crippen LogP contribution >= 0.6 is 0 Å². The van der Waals surface area contributed by atoms with Gasteiger partial charge in [0.25, 0.3) is 5.91 Å². The maximum atomic E-state index is 12.7. The third-order valence-electron chi connectivity index (χ3n) is 2.60. The predicted octanol–water partition coefficient (Wildman–Crippen LogP) is 1.91. The maximum absolute atomic E-state index is 12.7. The third-order valence-corrected chi connectivity index (χ3v) is 2.60. The highest BCUT2D eigenvalue weighted by Crippen LogP contribution is 2.33. The minimum atomic E-state index is -4.62. The fourth-order valence-electron chi connectivity index (χ4n) is 1.62. The van der Waals surface area contributed by atoms with Crippen LogP contribution in [-0.4, -0.2) is 16.0 Å². The molecule has 6 nitrogen and oxygen atoms in total. The summed E-state index contributed by atoms with van der Waals surface area (Å²) in [7, 11) is 0. The standard InChI is InChI=1S/C12H11F3N4O2/c1-6-18-10(19-21-6)5-17-11(20)7-2-3-9(16)8(4-7)12(13,14)15/h2-4H,5,16H2,1H3,(H,17,20). The highest BCUT2D eigenvalue weighted by molar-refractivity contribution is 5.94. The molecule has 0 aliphatic carbocycles. The lowest BCUT2D eigenvalue weighted by molar-refractivity contribution is -0.136.